The van der Waals surface area contributed by atoms with Gasteiger partial charge in [-0.3, -0.25) is 4.79 Å². The number of carbonyl (C=O) groups excluding carboxylic acids is 2. The van der Waals surface area contributed by atoms with E-state index < -0.39 is 12.1 Å². The SMILES string of the molecule is Cc1nc(NC(=O)CC(NC(N)=O)c2cccc(Oc3ccccc3)c2)sc1C. The minimum Gasteiger partial charge on any atom is -0.457 e. The number of primary amides is 1. The Hall–Kier alpha value is -3.39. The molecule has 0 aliphatic heterocycles. The monoisotopic (exact) mass is 410 g/mol. The Morgan fingerprint density at radius 3 is 2.48 bits per heavy atom. The summed E-state index contributed by atoms with van der Waals surface area (Å²) in [7, 11) is 0. The predicted molar refractivity (Wildman–Crippen MR) is 113 cm³/mol. The number of benzene rings is 2. The highest BCUT2D eigenvalue weighted by atomic mass is 32.1. The van der Waals surface area contributed by atoms with Gasteiger partial charge in [-0.2, -0.15) is 0 Å². The fraction of sp³-hybridized carbons (Fsp3) is 0.190. The molecule has 0 radical (unpaired) electrons. The number of rotatable bonds is 7. The number of hydrogen-bond donors (Lipinski definition) is 3. The van der Waals surface area contributed by atoms with E-state index in [2.05, 4.69) is 15.6 Å². The number of thiazole rings is 1. The molecule has 3 amide bonds. The van der Waals surface area contributed by atoms with E-state index in [1.165, 1.54) is 11.3 Å². The molecule has 1 atom stereocenters. The molecule has 150 valence electrons. The minimum atomic E-state index is -0.710. The minimum absolute atomic E-state index is 0.00933. The van der Waals surface area contributed by atoms with E-state index in [4.69, 9.17) is 10.5 Å². The van der Waals surface area contributed by atoms with Crippen LogP contribution < -0.4 is 21.1 Å². The van der Waals surface area contributed by atoms with Crippen molar-refractivity contribution in [3.8, 4) is 11.5 Å². The zero-order valence-corrected chi connectivity index (χ0v) is 17.0. The highest BCUT2D eigenvalue weighted by Gasteiger charge is 2.19. The van der Waals surface area contributed by atoms with Crippen molar-refractivity contribution in [1.82, 2.24) is 10.3 Å². The lowest BCUT2D eigenvalue weighted by molar-refractivity contribution is -0.116. The maximum Gasteiger partial charge on any atom is 0.312 e. The summed E-state index contributed by atoms with van der Waals surface area (Å²) in [6.07, 6.45) is 0.00933. The highest BCUT2D eigenvalue weighted by molar-refractivity contribution is 7.15. The number of amides is 3. The molecule has 0 aliphatic carbocycles. The largest absolute Gasteiger partial charge is 0.457 e. The quantitative estimate of drug-likeness (QED) is 0.540. The van der Waals surface area contributed by atoms with Gasteiger partial charge in [0.2, 0.25) is 5.91 Å². The summed E-state index contributed by atoms with van der Waals surface area (Å²) in [4.78, 5) is 29.3. The number of nitrogens with zero attached hydrogens (tertiary/aromatic N) is 1. The third-order valence-electron chi connectivity index (χ3n) is 4.22. The summed E-state index contributed by atoms with van der Waals surface area (Å²) >= 11 is 1.41. The number of aryl methyl sites for hydroxylation is 2. The van der Waals surface area contributed by atoms with Crippen LogP contribution in [0.2, 0.25) is 0 Å². The first-order chi connectivity index (χ1) is 13.9. The molecule has 7 nitrogen and oxygen atoms in total. The number of nitrogens with one attached hydrogen (secondary N) is 2. The molecule has 0 saturated heterocycles. The Bertz CT molecular complexity index is 985. The normalized spacial score (nSPS) is 11.5. The van der Waals surface area contributed by atoms with Crippen molar-refractivity contribution < 1.29 is 14.3 Å². The maximum absolute atomic E-state index is 12.5. The van der Waals surface area contributed by atoms with E-state index >= 15 is 0 Å². The van der Waals surface area contributed by atoms with Crippen LogP contribution in [0.25, 0.3) is 0 Å². The zero-order valence-electron chi connectivity index (χ0n) is 16.1. The number of aromatic nitrogens is 1. The molecule has 0 bridgehead atoms. The summed E-state index contributed by atoms with van der Waals surface area (Å²) in [5.74, 6) is 1.01. The maximum atomic E-state index is 12.5. The van der Waals surface area contributed by atoms with Gasteiger partial charge in [0.25, 0.3) is 0 Å². The first-order valence-electron chi connectivity index (χ1n) is 9.03. The van der Waals surface area contributed by atoms with Gasteiger partial charge in [-0.05, 0) is 43.7 Å². The molecule has 8 heteroatoms. The van der Waals surface area contributed by atoms with Gasteiger partial charge in [-0.1, -0.05) is 30.3 Å². The highest BCUT2D eigenvalue weighted by Crippen LogP contribution is 2.27. The van der Waals surface area contributed by atoms with E-state index in [9.17, 15) is 9.59 Å². The van der Waals surface area contributed by atoms with Gasteiger partial charge in [-0.15, -0.1) is 11.3 Å². The summed E-state index contributed by atoms with van der Waals surface area (Å²) in [6.45, 7) is 3.83. The number of para-hydroxylation sites is 1. The lowest BCUT2D eigenvalue weighted by Gasteiger charge is -2.18. The van der Waals surface area contributed by atoms with Crippen LogP contribution in [-0.2, 0) is 4.79 Å². The fourth-order valence-corrected chi connectivity index (χ4v) is 3.56. The fourth-order valence-electron chi connectivity index (χ4n) is 2.73. The second kappa shape index (κ2) is 9.20. The molecule has 2 aromatic carbocycles. The van der Waals surface area contributed by atoms with Crippen molar-refractivity contribution in [3.05, 3.63) is 70.7 Å². The second-order valence-electron chi connectivity index (χ2n) is 6.46. The standard InChI is InChI=1S/C21H22N4O3S/c1-13-14(2)29-21(23-13)25-19(26)12-18(24-20(22)27)15-7-6-10-17(11-15)28-16-8-4-3-5-9-16/h3-11,18H,12H2,1-2H3,(H3,22,24,27)(H,23,25,26). The molecule has 1 unspecified atom stereocenters. The lowest BCUT2D eigenvalue weighted by atomic mass is 10.0. The van der Waals surface area contributed by atoms with Gasteiger partial charge in [0.05, 0.1) is 18.2 Å². The molecule has 0 aliphatic rings. The molecule has 3 rings (SSSR count). The smallest absolute Gasteiger partial charge is 0.312 e. The van der Waals surface area contributed by atoms with Gasteiger partial charge in [0.15, 0.2) is 5.13 Å². The molecule has 29 heavy (non-hydrogen) atoms. The van der Waals surface area contributed by atoms with Crippen LogP contribution in [0.3, 0.4) is 0 Å². The van der Waals surface area contributed by atoms with E-state index in [0.717, 1.165) is 10.6 Å². The predicted octanol–water partition coefficient (Wildman–Crippen LogP) is 4.29. The zero-order chi connectivity index (χ0) is 20.8. The van der Waals surface area contributed by atoms with Crippen LogP contribution in [-0.4, -0.2) is 16.9 Å². The molecule has 3 aromatic rings. The van der Waals surface area contributed by atoms with Crippen molar-refractivity contribution in [2.45, 2.75) is 26.3 Å². The second-order valence-corrected chi connectivity index (χ2v) is 7.66. The first kappa shape index (κ1) is 20.3. The number of nitrogens with two attached hydrogens (primary N) is 1. The third-order valence-corrected chi connectivity index (χ3v) is 5.21. The Morgan fingerprint density at radius 1 is 1.10 bits per heavy atom. The average molecular weight is 410 g/mol. The lowest BCUT2D eigenvalue weighted by Crippen LogP contribution is -2.35. The van der Waals surface area contributed by atoms with E-state index in [0.29, 0.717) is 22.2 Å². The Kier molecular flexibility index (Phi) is 6.46. The summed E-state index contributed by atoms with van der Waals surface area (Å²) in [5.41, 5.74) is 6.91. The molecular weight excluding hydrogens is 388 g/mol. The van der Waals surface area contributed by atoms with E-state index in [1.807, 2.05) is 50.2 Å². The molecule has 0 fully saturated rings. The van der Waals surface area contributed by atoms with Gasteiger partial charge >= 0.3 is 6.03 Å². The van der Waals surface area contributed by atoms with Crippen LogP contribution >= 0.6 is 11.3 Å². The van der Waals surface area contributed by atoms with Crippen LogP contribution in [0, 0.1) is 13.8 Å². The van der Waals surface area contributed by atoms with Crippen LogP contribution in [0.1, 0.15) is 28.6 Å². The van der Waals surface area contributed by atoms with Gasteiger partial charge in [-0.25, -0.2) is 9.78 Å². The molecular formula is C21H22N4O3S. The van der Waals surface area contributed by atoms with Crippen LogP contribution in [0.4, 0.5) is 9.93 Å². The van der Waals surface area contributed by atoms with E-state index in [-0.39, 0.29) is 12.3 Å². The Balaban J connectivity index is 1.74. The van der Waals surface area contributed by atoms with Crippen LogP contribution in [0.5, 0.6) is 11.5 Å². The van der Waals surface area contributed by atoms with Crippen molar-refractivity contribution >= 4 is 28.4 Å². The first-order valence-corrected chi connectivity index (χ1v) is 9.85. The molecule has 1 heterocycles. The molecule has 1 aromatic heterocycles. The summed E-state index contributed by atoms with van der Waals surface area (Å²) in [5, 5.41) is 5.93. The van der Waals surface area contributed by atoms with Crippen molar-refractivity contribution in [2.24, 2.45) is 5.73 Å². The third kappa shape index (κ3) is 5.79. The number of anilines is 1. The van der Waals surface area contributed by atoms with Gasteiger partial charge in [0.1, 0.15) is 11.5 Å². The number of ether oxygens (including phenoxy) is 1. The number of hydrogen-bond acceptors (Lipinski definition) is 5. The number of urea groups is 1. The van der Waals surface area contributed by atoms with Gasteiger partial charge in [0, 0.05) is 4.88 Å². The Morgan fingerprint density at radius 2 is 1.83 bits per heavy atom. The van der Waals surface area contributed by atoms with Crippen molar-refractivity contribution in [3.63, 3.8) is 0 Å². The van der Waals surface area contributed by atoms with Crippen LogP contribution in [0.15, 0.2) is 54.6 Å². The molecule has 4 N–H and O–H groups in total. The number of carbonyl (C=O) groups is 2. The van der Waals surface area contributed by atoms with Crippen molar-refractivity contribution in [1.29, 1.82) is 0 Å². The van der Waals surface area contributed by atoms with Crippen molar-refractivity contribution in [2.75, 3.05) is 5.32 Å². The van der Waals surface area contributed by atoms with Gasteiger partial charge < -0.3 is 21.1 Å². The average Bonchev–Trinajstić information content (AvgIpc) is 2.99. The summed E-state index contributed by atoms with van der Waals surface area (Å²) < 4.78 is 5.84. The molecule has 0 spiro atoms. The summed E-state index contributed by atoms with van der Waals surface area (Å²) in [6, 6.07) is 15.2. The topological polar surface area (TPSA) is 106 Å². The Labute approximate surface area is 172 Å². The molecule has 0 saturated carbocycles. The van der Waals surface area contributed by atoms with E-state index in [1.54, 1.807) is 18.2 Å².